The maximum absolute atomic E-state index is 5.33. The van der Waals surface area contributed by atoms with Crippen molar-refractivity contribution in [2.45, 2.75) is 13.0 Å². The van der Waals surface area contributed by atoms with Gasteiger partial charge in [0, 0.05) is 16.2 Å². The molecule has 0 saturated heterocycles. The number of halogens is 1. The lowest BCUT2D eigenvalue weighted by molar-refractivity contribution is 0.354. The fraction of sp³-hybridized carbons (Fsp3) is 0.250. The summed E-state index contributed by atoms with van der Waals surface area (Å²) in [6.07, 6.45) is 0. The van der Waals surface area contributed by atoms with Crippen LogP contribution in [0.15, 0.2) is 46.9 Å². The number of rotatable bonds is 5. The van der Waals surface area contributed by atoms with E-state index in [1.54, 1.807) is 14.2 Å². The minimum absolute atomic E-state index is 0.177. The van der Waals surface area contributed by atoms with Gasteiger partial charge in [0.2, 0.25) is 0 Å². The monoisotopic (exact) mass is 335 g/mol. The number of methoxy groups -OCH3 is 2. The van der Waals surface area contributed by atoms with Gasteiger partial charge in [-0.3, -0.25) is 0 Å². The van der Waals surface area contributed by atoms with Crippen molar-refractivity contribution in [3.63, 3.8) is 0 Å². The Morgan fingerprint density at radius 2 is 1.60 bits per heavy atom. The van der Waals surface area contributed by atoms with E-state index in [4.69, 9.17) is 9.47 Å². The molecule has 0 fully saturated rings. The zero-order valence-electron chi connectivity index (χ0n) is 11.8. The summed E-state index contributed by atoms with van der Waals surface area (Å²) >= 11 is 3.43. The molecule has 4 heteroatoms. The van der Waals surface area contributed by atoms with E-state index in [0.29, 0.717) is 0 Å². The standard InChI is InChI=1S/C16H18BrNO2/c1-11(18-14-7-5-13(17)6-8-14)12-4-9-15(19-2)16(10-12)20-3/h4-11,18H,1-3H3. The molecule has 0 radical (unpaired) electrons. The van der Waals surface area contributed by atoms with Crippen molar-refractivity contribution in [3.05, 3.63) is 52.5 Å². The third kappa shape index (κ3) is 3.45. The largest absolute Gasteiger partial charge is 0.493 e. The van der Waals surface area contributed by atoms with Crippen LogP contribution in [0.2, 0.25) is 0 Å². The van der Waals surface area contributed by atoms with Gasteiger partial charge in [-0.2, -0.15) is 0 Å². The highest BCUT2D eigenvalue weighted by Gasteiger charge is 2.10. The Morgan fingerprint density at radius 1 is 0.950 bits per heavy atom. The average Bonchev–Trinajstić information content (AvgIpc) is 2.48. The number of benzene rings is 2. The van der Waals surface area contributed by atoms with Gasteiger partial charge in [-0.25, -0.2) is 0 Å². The summed E-state index contributed by atoms with van der Waals surface area (Å²) in [6.45, 7) is 2.11. The molecule has 1 unspecified atom stereocenters. The van der Waals surface area contributed by atoms with Crippen molar-refractivity contribution in [3.8, 4) is 11.5 Å². The summed E-state index contributed by atoms with van der Waals surface area (Å²) in [4.78, 5) is 0. The smallest absolute Gasteiger partial charge is 0.161 e. The molecular formula is C16H18BrNO2. The molecule has 2 aromatic rings. The van der Waals surface area contributed by atoms with Crippen LogP contribution in [-0.4, -0.2) is 14.2 Å². The Labute approximate surface area is 128 Å². The van der Waals surface area contributed by atoms with Crippen LogP contribution in [-0.2, 0) is 0 Å². The third-order valence-electron chi connectivity index (χ3n) is 3.13. The molecule has 20 heavy (non-hydrogen) atoms. The molecule has 0 aliphatic rings. The summed E-state index contributed by atoms with van der Waals surface area (Å²) in [5.74, 6) is 1.49. The lowest BCUT2D eigenvalue weighted by atomic mass is 10.1. The molecule has 0 heterocycles. The van der Waals surface area contributed by atoms with E-state index in [-0.39, 0.29) is 6.04 Å². The number of hydrogen-bond acceptors (Lipinski definition) is 3. The van der Waals surface area contributed by atoms with Crippen LogP contribution < -0.4 is 14.8 Å². The van der Waals surface area contributed by atoms with E-state index < -0.39 is 0 Å². The summed E-state index contributed by atoms with van der Waals surface area (Å²) in [7, 11) is 3.29. The van der Waals surface area contributed by atoms with Crippen molar-refractivity contribution < 1.29 is 9.47 Å². The van der Waals surface area contributed by atoms with Crippen LogP contribution in [0.5, 0.6) is 11.5 Å². The van der Waals surface area contributed by atoms with Crippen molar-refractivity contribution in [2.75, 3.05) is 19.5 Å². The van der Waals surface area contributed by atoms with Crippen LogP contribution in [0.1, 0.15) is 18.5 Å². The SMILES string of the molecule is COc1ccc(C(C)Nc2ccc(Br)cc2)cc1OC. The van der Waals surface area contributed by atoms with Gasteiger partial charge in [0.15, 0.2) is 11.5 Å². The Balaban J connectivity index is 2.16. The number of anilines is 1. The molecule has 106 valence electrons. The summed E-state index contributed by atoms with van der Waals surface area (Å²) in [5, 5.41) is 3.46. The van der Waals surface area contributed by atoms with Crippen LogP contribution in [0, 0.1) is 0 Å². The third-order valence-corrected chi connectivity index (χ3v) is 3.66. The molecule has 3 nitrogen and oxygen atoms in total. The molecule has 2 aromatic carbocycles. The minimum atomic E-state index is 0.177. The minimum Gasteiger partial charge on any atom is -0.493 e. The zero-order valence-corrected chi connectivity index (χ0v) is 13.4. The number of nitrogens with one attached hydrogen (secondary N) is 1. The quantitative estimate of drug-likeness (QED) is 0.863. The number of hydrogen-bond donors (Lipinski definition) is 1. The molecule has 1 atom stereocenters. The maximum atomic E-state index is 5.33. The predicted octanol–water partition coefficient (Wildman–Crippen LogP) is 4.64. The summed E-state index contributed by atoms with van der Waals surface area (Å²) in [5.41, 5.74) is 2.22. The average molecular weight is 336 g/mol. The van der Waals surface area contributed by atoms with E-state index >= 15 is 0 Å². The first-order valence-electron chi connectivity index (χ1n) is 6.38. The van der Waals surface area contributed by atoms with Crippen LogP contribution >= 0.6 is 15.9 Å². The van der Waals surface area contributed by atoms with Crippen molar-refractivity contribution in [2.24, 2.45) is 0 Å². The van der Waals surface area contributed by atoms with E-state index in [1.807, 2.05) is 42.5 Å². The molecule has 2 rings (SSSR count). The van der Waals surface area contributed by atoms with E-state index in [9.17, 15) is 0 Å². The van der Waals surface area contributed by atoms with Gasteiger partial charge < -0.3 is 14.8 Å². The van der Waals surface area contributed by atoms with Crippen molar-refractivity contribution >= 4 is 21.6 Å². The second-order valence-corrected chi connectivity index (χ2v) is 5.40. The molecule has 0 aromatic heterocycles. The van der Waals surface area contributed by atoms with Gasteiger partial charge in [0.05, 0.1) is 14.2 Å². The molecule has 0 spiro atoms. The second kappa shape index (κ2) is 6.66. The maximum Gasteiger partial charge on any atom is 0.161 e. The second-order valence-electron chi connectivity index (χ2n) is 4.49. The summed E-state index contributed by atoms with van der Waals surface area (Å²) in [6, 6.07) is 14.3. The summed E-state index contributed by atoms with van der Waals surface area (Å²) < 4.78 is 11.7. The molecule has 1 N–H and O–H groups in total. The normalized spacial score (nSPS) is 11.8. The van der Waals surface area contributed by atoms with Crippen LogP contribution in [0.4, 0.5) is 5.69 Å². The van der Waals surface area contributed by atoms with Crippen LogP contribution in [0.25, 0.3) is 0 Å². The van der Waals surface area contributed by atoms with E-state index in [2.05, 4.69) is 28.2 Å². The van der Waals surface area contributed by atoms with Gasteiger partial charge >= 0.3 is 0 Å². The van der Waals surface area contributed by atoms with Crippen LogP contribution in [0.3, 0.4) is 0 Å². The fourth-order valence-electron chi connectivity index (χ4n) is 2.00. The van der Waals surface area contributed by atoms with Gasteiger partial charge in [-0.1, -0.05) is 22.0 Å². The molecule has 0 aliphatic carbocycles. The van der Waals surface area contributed by atoms with Gasteiger partial charge in [-0.15, -0.1) is 0 Å². The zero-order chi connectivity index (χ0) is 14.5. The number of ether oxygens (including phenoxy) is 2. The first-order valence-corrected chi connectivity index (χ1v) is 7.17. The molecule has 0 saturated carbocycles. The molecular weight excluding hydrogens is 318 g/mol. The Hall–Kier alpha value is -1.68. The highest BCUT2D eigenvalue weighted by molar-refractivity contribution is 9.10. The van der Waals surface area contributed by atoms with Crippen molar-refractivity contribution in [1.82, 2.24) is 0 Å². The molecule has 0 aliphatic heterocycles. The van der Waals surface area contributed by atoms with E-state index in [1.165, 1.54) is 0 Å². The highest BCUT2D eigenvalue weighted by atomic mass is 79.9. The Kier molecular flexibility index (Phi) is 4.90. The Bertz CT molecular complexity index is 569. The van der Waals surface area contributed by atoms with E-state index in [0.717, 1.165) is 27.2 Å². The lowest BCUT2D eigenvalue weighted by Crippen LogP contribution is -2.06. The first-order chi connectivity index (χ1) is 9.63. The van der Waals surface area contributed by atoms with Crippen molar-refractivity contribution in [1.29, 1.82) is 0 Å². The Morgan fingerprint density at radius 3 is 2.20 bits per heavy atom. The predicted molar refractivity (Wildman–Crippen MR) is 85.7 cm³/mol. The first kappa shape index (κ1) is 14.7. The van der Waals surface area contributed by atoms with Gasteiger partial charge in [-0.05, 0) is 48.9 Å². The van der Waals surface area contributed by atoms with Gasteiger partial charge in [0.1, 0.15) is 0 Å². The fourth-order valence-corrected chi connectivity index (χ4v) is 2.27. The topological polar surface area (TPSA) is 30.5 Å². The highest BCUT2D eigenvalue weighted by Crippen LogP contribution is 2.31. The molecule has 0 bridgehead atoms. The molecule has 0 amide bonds. The van der Waals surface area contributed by atoms with Gasteiger partial charge in [0.25, 0.3) is 0 Å². The lowest BCUT2D eigenvalue weighted by Gasteiger charge is -2.17.